The number of methoxy groups -OCH3 is 1. The van der Waals surface area contributed by atoms with Crippen LogP contribution in [0.5, 0.6) is 0 Å². The van der Waals surface area contributed by atoms with E-state index in [4.69, 9.17) is 4.74 Å². The SMILES string of the molecule is COC(=O)[C@@H](Cc1ccc(F)cc1)NC(=O)[C@H](O)[C@@H](NC(=O)c1ccccc1)c1ccccc1. The summed E-state index contributed by atoms with van der Waals surface area (Å²) >= 11 is 0. The third-order valence-corrected chi connectivity index (χ3v) is 5.22. The highest BCUT2D eigenvalue weighted by atomic mass is 19.1. The third-order valence-electron chi connectivity index (χ3n) is 5.22. The van der Waals surface area contributed by atoms with E-state index in [1.807, 2.05) is 0 Å². The lowest BCUT2D eigenvalue weighted by Gasteiger charge is -2.26. The van der Waals surface area contributed by atoms with Gasteiger partial charge in [-0.3, -0.25) is 9.59 Å². The van der Waals surface area contributed by atoms with E-state index in [-0.39, 0.29) is 6.42 Å². The molecule has 3 rings (SSSR count). The fourth-order valence-electron chi connectivity index (χ4n) is 3.42. The van der Waals surface area contributed by atoms with Gasteiger partial charge in [-0.05, 0) is 35.4 Å². The predicted octanol–water partition coefficient (Wildman–Crippen LogP) is 2.56. The first kappa shape index (κ1) is 24.6. The molecule has 0 saturated carbocycles. The van der Waals surface area contributed by atoms with Crippen LogP contribution in [0.15, 0.2) is 84.9 Å². The lowest BCUT2D eigenvalue weighted by Crippen LogP contribution is -2.51. The average Bonchev–Trinajstić information content (AvgIpc) is 2.88. The molecular weight excluding hydrogens is 439 g/mol. The lowest BCUT2D eigenvalue weighted by atomic mass is 9.99. The molecule has 3 aromatic rings. The van der Waals surface area contributed by atoms with Gasteiger partial charge in [-0.2, -0.15) is 0 Å². The quantitative estimate of drug-likeness (QED) is 0.422. The summed E-state index contributed by atoms with van der Waals surface area (Å²) in [5.74, 6) is -2.51. The number of hydrogen-bond donors (Lipinski definition) is 3. The number of hydrogen-bond acceptors (Lipinski definition) is 5. The second-order valence-corrected chi connectivity index (χ2v) is 7.59. The van der Waals surface area contributed by atoms with Crippen molar-refractivity contribution in [3.63, 3.8) is 0 Å². The van der Waals surface area contributed by atoms with Gasteiger partial charge in [0.05, 0.1) is 13.2 Å². The molecule has 0 fully saturated rings. The predicted molar refractivity (Wildman–Crippen MR) is 123 cm³/mol. The number of aliphatic hydroxyl groups is 1. The van der Waals surface area contributed by atoms with Crippen LogP contribution >= 0.6 is 0 Å². The summed E-state index contributed by atoms with van der Waals surface area (Å²) in [7, 11) is 1.18. The molecule has 3 N–H and O–H groups in total. The number of carbonyl (C=O) groups is 3. The summed E-state index contributed by atoms with van der Waals surface area (Å²) in [6, 6.07) is 20.2. The molecule has 0 radical (unpaired) electrons. The molecule has 0 aromatic heterocycles. The largest absolute Gasteiger partial charge is 0.467 e. The van der Waals surface area contributed by atoms with Crippen LogP contribution in [0, 0.1) is 5.82 Å². The van der Waals surface area contributed by atoms with Crippen molar-refractivity contribution >= 4 is 17.8 Å². The molecule has 34 heavy (non-hydrogen) atoms. The number of halogens is 1. The standard InChI is InChI=1S/C26H25FN2O5/c1-34-26(33)21(16-17-12-14-20(27)15-13-17)28-25(32)23(30)22(18-8-4-2-5-9-18)29-24(31)19-10-6-3-7-11-19/h2-15,21-23,30H,16H2,1H3,(H,28,32)(H,29,31)/t21-,22+,23-/m1/s1. The molecule has 0 saturated heterocycles. The Labute approximate surface area is 196 Å². The first-order valence-corrected chi connectivity index (χ1v) is 10.6. The average molecular weight is 464 g/mol. The monoisotopic (exact) mass is 464 g/mol. The number of rotatable bonds is 9. The highest BCUT2D eigenvalue weighted by molar-refractivity contribution is 5.95. The van der Waals surface area contributed by atoms with Crippen molar-refractivity contribution in [2.24, 2.45) is 0 Å². The van der Waals surface area contributed by atoms with E-state index in [1.165, 1.54) is 31.4 Å². The van der Waals surface area contributed by atoms with Crippen molar-refractivity contribution in [1.29, 1.82) is 0 Å². The van der Waals surface area contributed by atoms with Crippen LogP contribution in [0.3, 0.4) is 0 Å². The Morgan fingerprint density at radius 1 is 0.882 bits per heavy atom. The molecule has 0 spiro atoms. The van der Waals surface area contributed by atoms with E-state index < -0.39 is 41.8 Å². The molecule has 0 aliphatic heterocycles. The van der Waals surface area contributed by atoms with Gasteiger partial charge < -0.3 is 20.5 Å². The summed E-state index contributed by atoms with van der Waals surface area (Å²) in [5.41, 5.74) is 1.45. The molecule has 8 heteroatoms. The highest BCUT2D eigenvalue weighted by Gasteiger charge is 2.32. The van der Waals surface area contributed by atoms with Crippen LogP contribution < -0.4 is 10.6 Å². The Bertz CT molecular complexity index is 1110. The van der Waals surface area contributed by atoms with E-state index in [2.05, 4.69) is 10.6 Å². The summed E-state index contributed by atoms with van der Waals surface area (Å²) in [6.07, 6.45) is -1.69. The first-order valence-electron chi connectivity index (χ1n) is 10.6. The van der Waals surface area contributed by atoms with Crippen molar-refractivity contribution in [3.8, 4) is 0 Å². The van der Waals surface area contributed by atoms with E-state index in [9.17, 15) is 23.9 Å². The molecule has 176 valence electrons. The Balaban J connectivity index is 1.80. The Morgan fingerprint density at radius 3 is 2.06 bits per heavy atom. The van der Waals surface area contributed by atoms with Crippen LogP contribution in [0.25, 0.3) is 0 Å². The van der Waals surface area contributed by atoms with Gasteiger partial charge in [0.1, 0.15) is 11.9 Å². The lowest BCUT2D eigenvalue weighted by molar-refractivity contribution is -0.146. The summed E-state index contributed by atoms with van der Waals surface area (Å²) < 4.78 is 18.0. The van der Waals surface area contributed by atoms with E-state index in [0.717, 1.165) is 0 Å². The molecule has 0 aliphatic carbocycles. The summed E-state index contributed by atoms with van der Waals surface area (Å²) in [5, 5.41) is 16.1. The van der Waals surface area contributed by atoms with E-state index in [0.29, 0.717) is 16.7 Å². The van der Waals surface area contributed by atoms with Crippen molar-refractivity contribution in [3.05, 3.63) is 107 Å². The zero-order valence-corrected chi connectivity index (χ0v) is 18.5. The minimum Gasteiger partial charge on any atom is -0.467 e. The minimum absolute atomic E-state index is 0.0256. The normalized spacial score (nSPS) is 13.3. The van der Waals surface area contributed by atoms with Crippen LogP contribution in [-0.2, 0) is 20.7 Å². The zero-order valence-electron chi connectivity index (χ0n) is 18.5. The van der Waals surface area contributed by atoms with Crippen molar-refractivity contribution in [1.82, 2.24) is 10.6 Å². The topological polar surface area (TPSA) is 105 Å². The molecule has 3 atom stereocenters. The van der Waals surface area contributed by atoms with Gasteiger partial charge in [0.2, 0.25) is 0 Å². The second kappa shape index (κ2) is 11.7. The number of benzene rings is 3. The van der Waals surface area contributed by atoms with Gasteiger partial charge in [0, 0.05) is 12.0 Å². The number of amides is 2. The van der Waals surface area contributed by atoms with E-state index >= 15 is 0 Å². The fraction of sp³-hybridized carbons (Fsp3) is 0.192. The van der Waals surface area contributed by atoms with Crippen LogP contribution in [0.4, 0.5) is 4.39 Å². The molecule has 0 unspecified atom stereocenters. The summed E-state index contributed by atoms with van der Waals surface area (Å²) in [6.45, 7) is 0. The first-order chi connectivity index (χ1) is 16.4. The minimum atomic E-state index is -1.71. The fourth-order valence-corrected chi connectivity index (χ4v) is 3.42. The van der Waals surface area contributed by atoms with Gasteiger partial charge in [0.25, 0.3) is 11.8 Å². The highest BCUT2D eigenvalue weighted by Crippen LogP contribution is 2.19. The maximum atomic E-state index is 13.2. The van der Waals surface area contributed by atoms with E-state index in [1.54, 1.807) is 60.7 Å². The third kappa shape index (κ3) is 6.49. The smallest absolute Gasteiger partial charge is 0.328 e. The molecule has 0 bridgehead atoms. The number of ether oxygens (including phenoxy) is 1. The maximum absolute atomic E-state index is 13.2. The zero-order chi connectivity index (χ0) is 24.5. The molecule has 7 nitrogen and oxygen atoms in total. The van der Waals surface area contributed by atoms with Crippen molar-refractivity contribution in [2.75, 3.05) is 7.11 Å². The Hall–Kier alpha value is -4.04. The second-order valence-electron chi connectivity index (χ2n) is 7.59. The molecule has 0 aliphatic rings. The van der Waals surface area contributed by atoms with Gasteiger partial charge in [-0.25, -0.2) is 9.18 Å². The Kier molecular flexibility index (Phi) is 8.48. The molecular formula is C26H25FN2O5. The van der Waals surface area contributed by atoms with Crippen LogP contribution in [0.2, 0.25) is 0 Å². The molecule has 3 aromatic carbocycles. The van der Waals surface area contributed by atoms with Crippen LogP contribution in [0.1, 0.15) is 27.5 Å². The molecule has 2 amide bonds. The summed E-state index contributed by atoms with van der Waals surface area (Å²) in [4.78, 5) is 38.0. The van der Waals surface area contributed by atoms with Gasteiger partial charge in [-0.1, -0.05) is 60.7 Å². The van der Waals surface area contributed by atoms with Gasteiger partial charge in [0.15, 0.2) is 6.10 Å². The Morgan fingerprint density at radius 2 is 1.47 bits per heavy atom. The number of nitrogens with one attached hydrogen (secondary N) is 2. The van der Waals surface area contributed by atoms with Crippen LogP contribution in [-0.4, -0.2) is 42.1 Å². The van der Waals surface area contributed by atoms with Crippen molar-refractivity contribution < 1.29 is 28.6 Å². The number of aliphatic hydroxyl groups excluding tert-OH is 1. The van der Waals surface area contributed by atoms with Gasteiger partial charge in [-0.15, -0.1) is 0 Å². The maximum Gasteiger partial charge on any atom is 0.328 e. The number of carbonyl (C=O) groups excluding carboxylic acids is 3. The molecule has 0 heterocycles. The van der Waals surface area contributed by atoms with Crippen molar-refractivity contribution in [2.45, 2.75) is 24.6 Å². The van der Waals surface area contributed by atoms with Gasteiger partial charge >= 0.3 is 5.97 Å². The number of esters is 1.